The summed E-state index contributed by atoms with van der Waals surface area (Å²) in [5.41, 5.74) is 2.21. The maximum absolute atomic E-state index is 15.6. The molecule has 0 bridgehead atoms. The first-order chi connectivity index (χ1) is 16.0. The Kier molecular flexibility index (Phi) is 6.52. The molecule has 9 heteroatoms. The second-order valence-corrected chi connectivity index (χ2v) is 11.0. The minimum Gasteiger partial charge on any atom is -0.289 e. The summed E-state index contributed by atoms with van der Waals surface area (Å²) in [4.78, 5) is 13.4. The molecule has 1 aliphatic carbocycles. The largest absolute Gasteiger partial charge is 0.289 e. The highest BCUT2D eigenvalue weighted by atomic mass is 32.2. The highest BCUT2D eigenvalue weighted by molar-refractivity contribution is 7.88. The maximum atomic E-state index is 15.6. The average Bonchev–Trinajstić information content (AvgIpc) is 3.00. The van der Waals surface area contributed by atoms with Crippen LogP contribution in [-0.2, 0) is 29.9 Å². The van der Waals surface area contributed by atoms with Crippen molar-refractivity contribution < 1.29 is 17.2 Å². The standard InChI is InChI=1S/C25H29F2N3O3S/c1-15(2)30-25(31)23-20(21(28-34(4,32)33)11-12-22(23)29(30)3)14-17-8-6-10-19(24(17)27)16-7-5-9-18(26)13-16/h5-10,13,15,20-21,28H,11-12,14H2,1-4H3/t20-,21-/m0/s1. The number of nitrogens with zero attached hydrogens (tertiary/aromatic N) is 2. The Balaban J connectivity index is 1.83. The van der Waals surface area contributed by atoms with Crippen LogP contribution in [0.15, 0.2) is 47.3 Å². The van der Waals surface area contributed by atoms with Gasteiger partial charge in [0.05, 0.1) is 6.26 Å². The predicted octanol–water partition coefficient (Wildman–Crippen LogP) is 3.90. The van der Waals surface area contributed by atoms with Crippen LogP contribution in [0.2, 0.25) is 0 Å². The van der Waals surface area contributed by atoms with E-state index in [1.54, 1.807) is 28.9 Å². The number of aromatic nitrogens is 2. The molecule has 4 rings (SSSR count). The lowest BCUT2D eigenvalue weighted by Gasteiger charge is -2.31. The molecular formula is C25H29F2N3O3S. The Morgan fingerprint density at radius 3 is 2.50 bits per heavy atom. The third-order valence-corrected chi connectivity index (χ3v) is 7.25. The van der Waals surface area contributed by atoms with Crippen molar-refractivity contribution in [2.75, 3.05) is 6.26 Å². The zero-order valence-corrected chi connectivity index (χ0v) is 20.5. The molecule has 1 aliphatic rings. The molecule has 0 saturated heterocycles. The van der Waals surface area contributed by atoms with Crippen molar-refractivity contribution in [1.82, 2.24) is 14.1 Å². The van der Waals surface area contributed by atoms with Crippen LogP contribution in [0.4, 0.5) is 8.78 Å². The van der Waals surface area contributed by atoms with Crippen molar-refractivity contribution in [3.05, 3.63) is 81.3 Å². The summed E-state index contributed by atoms with van der Waals surface area (Å²) in [5, 5.41) is 0. The first kappa shape index (κ1) is 24.3. The molecule has 0 saturated carbocycles. The predicted molar refractivity (Wildman–Crippen MR) is 128 cm³/mol. The molecule has 0 unspecified atom stereocenters. The van der Waals surface area contributed by atoms with Gasteiger partial charge in [-0.05, 0) is 56.4 Å². The molecule has 182 valence electrons. The number of halogens is 2. The van der Waals surface area contributed by atoms with Gasteiger partial charge in [0, 0.05) is 41.9 Å². The number of benzene rings is 2. The van der Waals surface area contributed by atoms with Crippen molar-refractivity contribution in [2.24, 2.45) is 7.05 Å². The van der Waals surface area contributed by atoms with Gasteiger partial charge in [0.2, 0.25) is 10.0 Å². The van der Waals surface area contributed by atoms with Crippen LogP contribution < -0.4 is 10.3 Å². The molecule has 1 N–H and O–H groups in total. The maximum Gasteiger partial charge on any atom is 0.270 e. The van der Waals surface area contributed by atoms with Gasteiger partial charge in [-0.15, -0.1) is 0 Å². The zero-order valence-electron chi connectivity index (χ0n) is 19.7. The molecule has 1 aromatic heterocycles. The molecule has 0 amide bonds. The Morgan fingerprint density at radius 1 is 1.15 bits per heavy atom. The lowest BCUT2D eigenvalue weighted by atomic mass is 9.79. The van der Waals surface area contributed by atoms with E-state index in [9.17, 15) is 17.6 Å². The molecule has 0 aliphatic heterocycles. The molecule has 0 spiro atoms. The van der Waals surface area contributed by atoms with Gasteiger partial charge >= 0.3 is 0 Å². The molecule has 0 radical (unpaired) electrons. The van der Waals surface area contributed by atoms with Gasteiger partial charge in [-0.1, -0.05) is 30.3 Å². The van der Waals surface area contributed by atoms with Gasteiger partial charge in [0.1, 0.15) is 11.6 Å². The summed E-state index contributed by atoms with van der Waals surface area (Å²) < 4.78 is 59.8. The molecule has 3 aromatic rings. The van der Waals surface area contributed by atoms with E-state index in [2.05, 4.69) is 4.72 Å². The van der Waals surface area contributed by atoms with Gasteiger partial charge in [-0.2, -0.15) is 0 Å². The van der Waals surface area contributed by atoms with E-state index in [0.29, 0.717) is 29.5 Å². The van der Waals surface area contributed by atoms with E-state index in [0.717, 1.165) is 11.9 Å². The first-order valence-corrected chi connectivity index (χ1v) is 13.2. The van der Waals surface area contributed by atoms with Gasteiger partial charge < -0.3 is 0 Å². The molecule has 1 heterocycles. The number of hydrogen-bond donors (Lipinski definition) is 1. The highest BCUT2D eigenvalue weighted by Crippen LogP contribution is 2.36. The van der Waals surface area contributed by atoms with Crippen LogP contribution in [0.25, 0.3) is 11.1 Å². The molecule has 0 fully saturated rings. The van der Waals surface area contributed by atoms with Gasteiger partial charge in [0.15, 0.2) is 0 Å². The Morgan fingerprint density at radius 2 is 1.85 bits per heavy atom. The van der Waals surface area contributed by atoms with Gasteiger partial charge in [-0.25, -0.2) is 26.6 Å². The van der Waals surface area contributed by atoms with Crippen LogP contribution in [0.5, 0.6) is 0 Å². The second-order valence-electron chi connectivity index (χ2n) is 9.26. The molecule has 6 nitrogen and oxygen atoms in total. The van der Waals surface area contributed by atoms with Crippen LogP contribution >= 0.6 is 0 Å². The average molecular weight is 490 g/mol. The van der Waals surface area contributed by atoms with Crippen LogP contribution in [0.3, 0.4) is 0 Å². The zero-order chi connectivity index (χ0) is 24.8. The van der Waals surface area contributed by atoms with Crippen LogP contribution in [-0.4, -0.2) is 30.1 Å². The van der Waals surface area contributed by atoms with E-state index >= 15 is 4.39 Å². The molecule has 2 atom stereocenters. The van der Waals surface area contributed by atoms with Gasteiger partial charge in [0.25, 0.3) is 5.56 Å². The van der Waals surface area contributed by atoms with Crippen LogP contribution in [0, 0.1) is 11.6 Å². The summed E-state index contributed by atoms with van der Waals surface area (Å²) in [6.07, 6.45) is 2.25. The smallest absolute Gasteiger partial charge is 0.270 e. The number of fused-ring (bicyclic) bond motifs is 1. The SMILES string of the molecule is CC(C)n1c(=O)c2c(n1C)CC[C@H](NS(C)(=O)=O)[C@@H]2Cc1cccc(-c2cccc(F)c2)c1F. The molecule has 2 aromatic carbocycles. The number of rotatable bonds is 6. The fourth-order valence-electron chi connectivity index (χ4n) is 5.15. The number of sulfonamides is 1. The lowest BCUT2D eigenvalue weighted by molar-refractivity contribution is 0.407. The van der Waals surface area contributed by atoms with E-state index in [1.165, 1.54) is 18.2 Å². The minimum absolute atomic E-state index is 0.0851. The fourth-order valence-corrected chi connectivity index (χ4v) is 5.98. The quantitative estimate of drug-likeness (QED) is 0.571. The van der Waals surface area contributed by atoms with Crippen molar-refractivity contribution >= 4 is 10.0 Å². The number of nitrogens with one attached hydrogen (secondary N) is 1. The van der Waals surface area contributed by atoms with Crippen molar-refractivity contribution in [1.29, 1.82) is 0 Å². The van der Waals surface area contributed by atoms with E-state index in [4.69, 9.17) is 0 Å². The lowest BCUT2D eigenvalue weighted by Crippen LogP contribution is -2.43. The Labute approximate surface area is 198 Å². The Bertz CT molecular complexity index is 1390. The second kappa shape index (κ2) is 9.11. The van der Waals surface area contributed by atoms with Crippen molar-refractivity contribution in [3.8, 4) is 11.1 Å². The summed E-state index contributed by atoms with van der Waals surface area (Å²) in [6.45, 7) is 3.83. The van der Waals surface area contributed by atoms with E-state index < -0.39 is 33.6 Å². The molecule has 34 heavy (non-hydrogen) atoms. The number of hydrogen-bond acceptors (Lipinski definition) is 3. The van der Waals surface area contributed by atoms with Crippen molar-refractivity contribution in [2.45, 2.75) is 51.1 Å². The van der Waals surface area contributed by atoms with Crippen LogP contribution in [0.1, 0.15) is 49.0 Å². The molecular weight excluding hydrogens is 460 g/mol. The normalized spacial score (nSPS) is 18.3. The summed E-state index contributed by atoms with van der Waals surface area (Å²) in [6, 6.07) is 10.0. The van der Waals surface area contributed by atoms with Gasteiger partial charge in [-0.3, -0.25) is 9.48 Å². The topological polar surface area (TPSA) is 73.1 Å². The summed E-state index contributed by atoms with van der Waals surface area (Å²) in [7, 11) is -1.72. The van der Waals surface area contributed by atoms with E-state index in [1.807, 2.05) is 25.6 Å². The summed E-state index contributed by atoms with van der Waals surface area (Å²) in [5.74, 6) is -1.51. The minimum atomic E-state index is -3.55. The third kappa shape index (κ3) is 4.59. The van der Waals surface area contributed by atoms with Crippen molar-refractivity contribution in [3.63, 3.8) is 0 Å². The third-order valence-electron chi connectivity index (χ3n) is 6.52. The van der Waals surface area contributed by atoms with E-state index in [-0.39, 0.29) is 23.6 Å². The summed E-state index contributed by atoms with van der Waals surface area (Å²) >= 11 is 0. The fraction of sp³-hybridized carbons (Fsp3) is 0.400. The highest BCUT2D eigenvalue weighted by Gasteiger charge is 2.37. The monoisotopic (exact) mass is 489 g/mol. The Hall–Kier alpha value is -2.78. The first-order valence-electron chi connectivity index (χ1n) is 11.3.